The molecule has 1 unspecified atom stereocenters. The number of nitrogens with one attached hydrogen (secondary N) is 1. The van der Waals surface area contributed by atoms with Crippen LogP contribution in [0.3, 0.4) is 0 Å². The largest absolute Gasteiger partial charge is 0.310 e. The predicted molar refractivity (Wildman–Crippen MR) is 81.0 cm³/mol. The lowest BCUT2D eigenvalue weighted by Gasteiger charge is -2.31. The molecule has 0 spiro atoms. The van der Waals surface area contributed by atoms with E-state index in [-0.39, 0.29) is 0 Å². The van der Waals surface area contributed by atoms with Gasteiger partial charge in [0.25, 0.3) is 0 Å². The first-order chi connectivity index (χ1) is 8.24. The van der Waals surface area contributed by atoms with Crippen molar-refractivity contribution in [1.82, 2.24) is 5.32 Å². The Labute approximate surface area is 113 Å². The number of hydrogen-bond acceptors (Lipinski definition) is 1. The predicted octanol–water partition coefficient (Wildman–Crippen LogP) is 4.64. The summed E-state index contributed by atoms with van der Waals surface area (Å²) in [5, 5.41) is 3.68. The molecule has 1 aromatic carbocycles. The molecule has 0 fully saturated rings. The molecule has 0 bridgehead atoms. The lowest BCUT2D eigenvalue weighted by molar-refractivity contribution is 0.230. The SMILES string of the molecule is Cc1ccc(C(C)NCC(C)(C)C(C)C)c(C)c1. The molecule has 0 amide bonds. The summed E-state index contributed by atoms with van der Waals surface area (Å²) in [6.45, 7) is 16.9. The van der Waals surface area contributed by atoms with Gasteiger partial charge in [0.15, 0.2) is 0 Å². The van der Waals surface area contributed by atoms with E-state index in [9.17, 15) is 0 Å². The van der Waals surface area contributed by atoms with Crippen molar-refractivity contribution in [3.63, 3.8) is 0 Å². The van der Waals surface area contributed by atoms with Gasteiger partial charge in [-0.15, -0.1) is 0 Å². The first kappa shape index (κ1) is 15.2. The van der Waals surface area contributed by atoms with Gasteiger partial charge in [0.2, 0.25) is 0 Å². The Morgan fingerprint density at radius 2 is 1.72 bits per heavy atom. The van der Waals surface area contributed by atoms with E-state index in [2.05, 4.69) is 72.0 Å². The second-order valence-electron chi connectivity index (χ2n) is 6.61. The van der Waals surface area contributed by atoms with Crippen molar-refractivity contribution in [3.8, 4) is 0 Å². The molecule has 0 heterocycles. The van der Waals surface area contributed by atoms with Crippen LogP contribution >= 0.6 is 0 Å². The van der Waals surface area contributed by atoms with Crippen molar-refractivity contribution < 1.29 is 0 Å². The van der Waals surface area contributed by atoms with Gasteiger partial charge in [-0.05, 0) is 43.2 Å². The smallest absolute Gasteiger partial charge is 0.0294 e. The molecule has 0 radical (unpaired) electrons. The van der Waals surface area contributed by atoms with Gasteiger partial charge in [0, 0.05) is 12.6 Å². The molecule has 1 aromatic rings. The maximum absolute atomic E-state index is 3.68. The minimum atomic E-state index is 0.340. The second-order valence-corrected chi connectivity index (χ2v) is 6.61. The Kier molecular flexibility index (Phi) is 4.98. The van der Waals surface area contributed by atoms with Gasteiger partial charge in [-0.25, -0.2) is 0 Å². The Balaban J connectivity index is 2.69. The normalized spacial score (nSPS) is 14.0. The van der Waals surface area contributed by atoms with Crippen LogP contribution in [0.15, 0.2) is 18.2 Å². The molecule has 0 aromatic heterocycles. The van der Waals surface area contributed by atoms with E-state index in [0.717, 1.165) is 6.54 Å². The third-order valence-electron chi connectivity index (χ3n) is 4.32. The fourth-order valence-electron chi connectivity index (χ4n) is 2.04. The van der Waals surface area contributed by atoms with Crippen LogP contribution in [0.1, 0.15) is 57.4 Å². The Bertz CT molecular complexity index is 391. The first-order valence-electron chi connectivity index (χ1n) is 7.04. The minimum absolute atomic E-state index is 0.340. The van der Waals surface area contributed by atoms with E-state index < -0.39 is 0 Å². The van der Waals surface area contributed by atoms with Crippen LogP contribution in [-0.4, -0.2) is 6.54 Å². The molecule has 102 valence electrons. The van der Waals surface area contributed by atoms with Gasteiger partial charge >= 0.3 is 0 Å². The molecule has 0 saturated carbocycles. The highest BCUT2D eigenvalue weighted by Gasteiger charge is 2.23. The summed E-state index contributed by atoms with van der Waals surface area (Å²) >= 11 is 0. The van der Waals surface area contributed by atoms with Crippen LogP contribution in [-0.2, 0) is 0 Å². The third-order valence-corrected chi connectivity index (χ3v) is 4.32. The Hall–Kier alpha value is -0.820. The Morgan fingerprint density at radius 3 is 2.22 bits per heavy atom. The summed E-state index contributed by atoms with van der Waals surface area (Å²) in [7, 11) is 0. The van der Waals surface area contributed by atoms with E-state index in [0.29, 0.717) is 17.4 Å². The summed E-state index contributed by atoms with van der Waals surface area (Å²) in [4.78, 5) is 0. The Morgan fingerprint density at radius 1 is 1.11 bits per heavy atom. The first-order valence-corrected chi connectivity index (χ1v) is 7.04. The molecule has 0 saturated heterocycles. The summed E-state index contributed by atoms with van der Waals surface area (Å²) in [5.74, 6) is 0.691. The van der Waals surface area contributed by atoms with Crippen molar-refractivity contribution in [1.29, 1.82) is 0 Å². The topological polar surface area (TPSA) is 12.0 Å². The highest BCUT2D eigenvalue weighted by Crippen LogP contribution is 2.26. The van der Waals surface area contributed by atoms with E-state index >= 15 is 0 Å². The number of hydrogen-bond donors (Lipinski definition) is 1. The maximum atomic E-state index is 3.68. The molecule has 0 aliphatic heterocycles. The van der Waals surface area contributed by atoms with Crippen molar-refractivity contribution >= 4 is 0 Å². The molecule has 1 atom stereocenters. The molecule has 1 nitrogen and oxygen atoms in total. The fourth-order valence-corrected chi connectivity index (χ4v) is 2.04. The zero-order valence-electron chi connectivity index (χ0n) is 13.1. The van der Waals surface area contributed by atoms with E-state index in [1.165, 1.54) is 16.7 Å². The van der Waals surface area contributed by atoms with Crippen molar-refractivity contribution in [3.05, 3.63) is 34.9 Å². The van der Waals surface area contributed by atoms with Crippen LogP contribution in [0.5, 0.6) is 0 Å². The molecule has 18 heavy (non-hydrogen) atoms. The van der Waals surface area contributed by atoms with Crippen LogP contribution in [0.25, 0.3) is 0 Å². The lowest BCUT2D eigenvalue weighted by atomic mass is 9.81. The van der Waals surface area contributed by atoms with Crippen molar-refractivity contribution in [2.75, 3.05) is 6.54 Å². The summed E-state index contributed by atoms with van der Waals surface area (Å²) in [6.07, 6.45) is 0. The standard InChI is InChI=1S/C17H29N/c1-12(2)17(6,7)11-18-15(5)16-9-8-13(3)10-14(16)4/h8-10,12,15,18H,11H2,1-7H3. The van der Waals surface area contributed by atoms with Gasteiger partial charge in [-0.3, -0.25) is 0 Å². The fraction of sp³-hybridized carbons (Fsp3) is 0.647. The van der Waals surface area contributed by atoms with Crippen molar-refractivity contribution in [2.45, 2.75) is 54.5 Å². The highest BCUT2D eigenvalue weighted by atomic mass is 14.9. The van der Waals surface area contributed by atoms with E-state index in [1.54, 1.807) is 0 Å². The average molecular weight is 247 g/mol. The van der Waals surface area contributed by atoms with Crippen LogP contribution < -0.4 is 5.32 Å². The third kappa shape index (κ3) is 3.84. The molecular weight excluding hydrogens is 218 g/mol. The number of benzene rings is 1. The van der Waals surface area contributed by atoms with Gasteiger partial charge in [0.1, 0.15) is 0 Å². The monoisotopic (exact) mass is 247 g/mol. The van der Waals surface area contributed by atoms with E-state index in [1.807, 2.05) is 0 Å². The average Bonchev–Trinajstić information content (AvgIpc) is 2.25. The molecule has 1 N–H and O–H groups in total. The molecule has 0 aliphatic carbocycles. The van der Waals surface area contributed by atoms with Gasteiger partial charge in [-0.2, -0.15) is 0 Å². The lowest BCUT2D eigenvalue weighted by Crippen LogP contribution is -2.35. The molecule has 1 rings (SSSR count). The van der Waals surface area contributed by atoms with Gasteiger partial charge in [0.05, 0.1) is 0 Å². The van der Waals surface area contributed by atoms with Crippen molar-refractivity contribution in [2.24, 2.45) is 11.3 Å². The second kappa shape index (κ2) is 5.88. The van der Waals surface area contributed by atoms with E-state index in [4.69, 9.17) is 0 Å². The highest BCUT2D eigenvalue weighted by molar-refractivity contribution is 5.32. The number of aryl methyl sites for hydroxylation is 2. The number of rotatable bonds is 5. The van der Waals surface area contributed by atoms with Gasteiger partial charge < -0.3 is 5.32 Å². The molecular formula is C17H29N. The molecule has 0 aliphatic rings. The summed E-state index contributed by atoms with van der Waals surface area (Å²) < 4.78 is 0. The quantitative estimate of drug-likeness (QED) is 0.799. The minimum Gasteiger partial charge on any atom is -0.310 e. The van der Waals surface area contributed by atoms with Gasteiger partial charge in [-0.1, -0.05) is 51.5 Å². The molecule has 1 heteroatoms. The summed E-state index contributed by atoms with van der Waals surface area (Å²) in [6, 6.07) is 7.14. The van der Waals surface area contributed by atoms with Crippen LogP contribution in [0, 0.1) is 25.2 Å². The summed E-state index contributed by atoms with van der Waals surface area (Å²) in [5.41, 5.74) is 4.48. The zero-order valence-corrected chi connectivity index (χ0v) is 13.1. The maximum Gasteiger partial charge on any atom is 0.0294 e. The zero-order chi connectivity index (χ0) is 13.9. The van der Waals surface area contributed by atoms with Crippen LogP contribution in [0.4, 0.5) is 0 Å². The van der Waals surface area contributed by atoms with Crippen LogP contribution in [0.2, 0.25) is 0 Å².